The number of primary amides is 1. The molecule has 1 amide bonds. The Morgan fingerprint density at radius 3 is 3.12 bits per heavy atom. The second-order valence-corrected chi connectivity index (χ2v) is 6.33. The minimum absolute atomic E-state index is 0.396. The Morgan fingerprint density at radius 2 is 2.29 bits per heavy atom. The molecule has 0 aliphatic carbocycles. The average Bonchev–Trinajstić information content (AvgIpc) is 3.17. The minimum atomic E-state index is -0.396. The summed E-state index contributed by atoms with van der Waals surface area (Å²) in [6.45, 7) is 2.41. The molecule has 4 rings (SSSR count). The number of fused-ring (bicyclic) bond motifs is 2. The normalized spacial score (nSPS) is 17.1. The van der Waals surface area contributed by atoms with Gasteiger partial charge >= 0.3 is 0 Å². The number of hydrogen-bond donors (Lipinski definition) is 2. The lowest BCUT2D eigenvalue weighted by Gasteiger charge is -2.24. The van der Waals surface area contributed by atoms with E-state index >= 15 is 0 Å². The molecule has 0 saturated carbocycles. The fraction of sp³-hybridized carbons (Fsp3) is 0.333. The van der Waals surface area contributed by atoms with Crippen LogP contribution in [-0.4, -0.2) is 22.2 Å². The summed E-state index contributed by atoms with van der Waals surface area (Å²) in [5.41, 5.74) is 7.85. The maximum absolute atomic E-state index is 11.5. The maximum Gasteiger partial charge on any atom is 0.252 e. The number of aryl methyl sites for hydroxylation is 1. The van der Waals surface area contributed by atoms with Gasteiger partial charge in [-0.25, -0.2) is 0 Å². The van der Waals surface area contributed by atoms with Gasteiger partial charge in [0.05, 0.1) is 24.0 Å². The van der Waals surface area contributed by atoms with Gasteiger partial charge in [0.15, 0.2) is 0 Å². The van der Waals surface area contributed by atoms with Crippen LogP contribution in [0.25, 0.3) is 11.0 Å². The Bertz CT molecular complexity index is 847. The molecule has 0 fully saturated rings. The van der Waals surface area contributed by atoms with Crippen molar-refractivity contribution in [3.05, 3.63) is 53.5 Å². The summed E-state index contributed by atoms with van der Waals surface area (Å²) >= 11 is 0. The number of carbonyl (C=O) groups is 1. The van der Waals surface area contributed by atoms with E-state index in [0.29, 0.717) is 18.0 Å². The van der Waals surface area contributed by atoms with Crippen molar-refractivity contribution >= 4 is 16.9 Å². The highest BCUT2D eigenvalue weighted by Gasteiger charge is 2.24. The summed E-state index contributed by atoms with van der Waals surface area (Å²) in [6.07, 6.45) is 3.45. The lowest BCUT2D eigenvalue weighted by Crippen LogP contribution is -2.30. The number of aromatic nitrogens is 2. The maximum atomic E-state index is 11.5. The smallest absolute Gasteiger partial charge is 0.252 e. The van der Waals surface area contributed by atoms with Gasteiger partial charge in [0.25, 0.3) is 5.91 Å². The molecule has 0 unspecified atom stereocenters. The Kier molecular flexibility index (Phi) is 3.82. The zero-order valence-corrected chi connectivity index (χ0v) is 13.4. The van der Waals surface area contributed by atoms with Crippen molar-refractivity contribution in [2.45, 2.75) is 25.9 Å². The minimum Gasteiger partial charge on any atom is -0.460 e. The molecule has 0 bridgehead atoms. The van der Waals surface area contributed by atoms with Crippen LogP contribution >= 0.6 is 0 Å². The predicted molar refractivity (Wildman–Crippen MR) is 90.5 cm³/mol. The Labute approximate surface area is 139 Å². The summed E-state index contributed by atoms with van der Waals surface area (Å²) < 4.78 is 7.71. The summed E-state index contributed by atoms with van der Waals surface area (Å²) in [4.78, 5) is 11.5. The van der Waals surface area contributed by atoms with E-state index in [1.165, 1.54) is 0 Å². The number of nitrogens with zero attached hydrogens (tertiary/aromatic N) is 2. The van der Waals surface area contributed by atoms with Crippen molar-refractivity contribution < 1.29 is 9.21 Å². The number of para-hydroxylation sites is 1. The molecule has 0 radical (unpaired) electrons. The second-order valence-electron chi connectivity index (χ2n) is 6.33. The first kappa shape index (κ1) is 15.0. The van der Waals surface area contributed by atoms with E-state index in [9.17, 15) is 4.79 Å². The summed E-state index contributed by atoms with van der Waals surface area (Å²) in [5, 5.41) is 8.84. The number of rotatable bonds is 5. The van der Waals surface area contributed by atoms with Gasteiger partial charge in [0, 0.05) is 11.9 Å². The van der Waals surface area contributed by atoms with Crippen molar-refractivity contribution in [3.8, 4) is 0 Å². The summed E-state index contributed by atoms with van der Waals surface area (Å²) in [6, 6.07) is 10.1. The van der Waals surface area contributed by atoms with Gasteiger partial charge in [-0.3, -0.25) is 9.48 Å². The molecule has 3 aromatic rings. The van der Waals surface area contributed by atoms with Crippen molar-refractivity contribution in [1.82, 2.24) is 15.1 Å². The van der Waals surface area contributed by atoms with Crippen molar-refractivity contribution in [3.63, 3.8) is 0 Å². The molecule has 1 aliphatic heterocycles. The molecule has 124 valence electrons. The number of furan rings is 1. The highest BCUT2D eigenvalue weighted by atomic mass is 16.3. The molecule has 6 heteroatoms. The highest BCUT2D eigenvalue weighted by molar-refractivity contribution is 5.93. The topological polar surface area (TPSA) is 86.1 Å². The second kappa shape index (κ2) is 6.13. The fourth-order valence-corrected chi connectivity index (χ4v) is 3.40. The molecular weight excluding hydrogens is 304 g/mol. The zero-order valence-electron chi connectivity index (χ0n) is 13.4. The van der Waals surface area contributed by atoms with E-state index < -0.39 is 5.91 Å². The summed E-state index contributed by atoms with van der Waals surface area (Å²) in [5.74, 6) is 1.01. The largest absolute Gasteiger partial charge is 0.460 e. The fourth-order valence-electron chi connectivity index (χ4n) is 3.40. The van der Waals surface area contributed by atoms with Crippen LogP contribution in [0.2, 0.25) is 0 Å². The van der Waals surface area contributed by atoms with Gasteiger partial charge in [0.1, 0.15) is 11.3 Å². The van der Waals surface area contributed by atoms with Gasteiger partial charge in [-0.1, -0.05) is 18.2 Å². The third-order valence-electron chi connectivity index (χ3n) is 4.65. The molecule has 3 heterocycles. The van der Waals surface area contributed by atoms with Crippen LogP contribution in [0.3, 0.4) is 0 Å². The molecular formula is C18H20N4O2. The van der Waals surface area contributed by atoms with Crippen LogP contribution in [0.5, 0.6) is 0 Å². The van der Waals surface area contributed by atoms with Gasteiger partial charge in [0.2, 0.25) is 0 Å². The van der Waals surface area contributed by atoms with Crippen LogP contribution < -0.4 is 11.1 Å². The Morgan fingerprint density at radius 1 is 1.42 bits per heavy atom. The Hall–Kier alpha value is -2.60. The van der Waals surface area contributed by atoms with Crippen LogP contribution in [0.15, 0.2) is 40.9 Å². The monoisotopic (exact) mass is 324 g/mol. The molecule has 24 heavy (non-hydrogen) atoms. The molecule has 2 aromatic heterocycles. The van der Waals surface area contributed by atoms with E-state index in [1.807, 2.05) is 22.9 Å². The molecule has 3 N–H and O–H groups in total. The first-order valence-corrected chi connectivity index (χ1v) is 8.23. The number of nitrogens with one attached hydrogen (secondary N) is 1. The molecule has 6 nitrogen and oxygen atoms in total. The van der Waals surface area contributed by atoms with E-state index in [2.05, 4.69) is 22.5 Å². The van der Waals surface area contributed by atoms with Crippen molar-refractivity contribution in [1.29, 1.82) is 0 Å². The van der Waals surface area contributed by atoms with E-state index in [4.69, 9.17) is 10.2 Å². The number of hydrogen-bond acceptors (Lipinski definition) is 4. The van der Waals surface area contributed by atoms with Crippen LogP contribution in [0.4, 0.5) is 0 Å². The first-order valence-electron chi connectivity index (χ1n) is 8.23. The van der Waals surface area contributed by atoms with Crippen LogP contribution in [0.1, 0.15) is 28.2 Å². The quantitative estimate of drug-likeness (QED) is 0.752. The molecule has 0 spiro atoms. The predicted octanol–water partition coefficient (Wildman–Crippen LogP) is 2.08. The average molecular weight is 324 g/mol. The van der Waals surface area contributed by atoms with Gasteiger partial charge in [-0.2, -0.15) is 5.10 Å². The number of amides is 1. The lowest BCUT2D eigenvalue weighted by molar-refractivity contribution is 0.0998. The highest BCUT2D eigenvalue weighted by Crippen LogP contribution is 2.23. The van der Waals surface area contributed by atoms with Gasteiger partial charge in [-0.05, 0) is 37.4 Å². The molecule has 0 saturated heterocycles. The van der Waals surface area contributed by atoms with Crippen molar-refractivity contribution in [2.24, 2.45) is 11.7 Å². The van der Waals surface area contributed by atoms with E-state index in [0.717, 1.165) is 48.4 Å². The van der Waals surface area contributed by atoms with Crippen LogP contribution in [-0.2, 0) is 19.5 Å². The standard InChI is InChI=1S/C18H20N4O2/c19-18(23)15-11-21-22-6-5-12(7-16(15)22)9-20-10-14-8-13-3-1-2-4-17(13)24-14/h1-4,8,11-12,20H,5-7,9-10H2,(H2,19,23)/t12-/m0/s1. The zero-order chi connectivity index (χ0) is 16.5. The molecule has 1 aromatic carbocycles. The third kappa shape index (κ3) is 2.80. The van der Waals surface area contributed by atoms with Gasteiger partial charge < -0.3 is 15.5 Å². The number of nitrogens with two attached hydrogens (primary N) is 1. The summed E-state index contributed by atoms with van der Waals surface area (Å²) in [7, 11) is 0. The number of benzene rings is 1. The van der Waals surface area contributed by atoms with Gasteiger partial charge in [-0.15, -0.1) is 0 Å². The molecule has 1 atom stereocenters. The number of carbonyl (C=O) groups excluding carboxylic acids is 1. The van der Waals surface area contributed by atoms with E-state index in [1.54, 1.807) is 6.20 Å². The van der Waals surface area contributed by atoms with Crippen LogP contribution in [0, 0.1) is 5.92 Å². The van der Waals surface area contributed by atoms with E-state index in [-0.39, 0.29) is 0 Å². The molecule has 1 aliphatic rings. The lowest BCUT2D eigenvalue weighted by atomic mass is 9.94. The Balaban J connectivity index is 1.36. The SMILES string of the molecule is NC(=O)c1cnn2c1C[C@@H](CNCc1cc3ccccc3o1)CC2. The first-order chi connectivity index (χ1) is 11.7. The third-order valence-corrected chi connectivity index (χ3v) is 4.65. The van der Waals surface area contributed by atoms with Crippen molar-refractivity contribution in [2.75, 3.05) is 6.54 Å².